The molecule has 0 aliphatic rings. The van der Waals surface area contributed by atoms with Crippen LogP contribution in [-0.2, 0) is 0 Å². The van der Waals surface area contributed by atoms with Crippen molar-refractivity contribution < 1.29 is 4.74 Å². The van der Waals surface area contributed by atoms with Gasteiger partial charge in [-0.15, -0.1) is 0 Å². The van der Waals surface area contributed by atoms with Crippen molar-refractivity contribution in [2.24, 2.45) is 4.99 Å². The highest BCUT2D eigenvalue weighted by atomic mass is 35.5. The predicted octanol–water partition coefficient (Wildman–Crippen LogP) is 3.80. The number of nitrogens with zero attached hydrogens (tertiary/aromatic N) is 3. The van der Waals surface area contributed by atoms with Gasteiger partial charge in [0.05, 0.1) is 12.3 Å². The highest BCUT2D eigenvalue weighted by Crippen LogP contribution is 2.15. The summed E-state index contributed by atoms with van der Waals surface area (Å²) in [6, 6.07) is 10.8. The zero-order chi connectivity index (χ0) is 18.5. The summed E-state index contributed by atoms with van der Waals surface area (Å²) in [7, 11) is 0. The molecule has 1 aromatic carbocycles. The molecular weight excluding hydrogens is 350 g/mol. The lowest BCUT2D eigenvalue weighted by atomic mass is 10.3. The molecule has 1 heterocycles. The topological polar surface area (TPSA) is 82.3 Å². The standard InChI is InChI=1S/C19H20ClN5O/c20-16-5-7-18(8-6-16)26-14-4-2-1-3-11-23-19(24-15-21)25-17-9-12-22-13-10-17/h1-2,5-10,12-13H,3-4,11,14H2,(H2,22,23,24,25). The van der Waals surface area contributed by atoms with Crippen LogP contribution in [0.5, 0.6) is 5.75 Å². The Bertz CT molecular complexity index is 754. The van der Waals surface area contributed by atoms with Crippen molar-refractivity contribution in [3.63, 3.8) is 0 Å². The summed E-state index contributed by atoms with van der Waals surface area (Å²) in [5.74, 6) is 1.22. The van der Waals surface area contributed by atoms with Crippen molar-refractivity contribution >= 4 is 23.2 Å². The van der Waals surface area contributed by atoms with Crippen LogP contribution in [0.3, 0.4) is 0 Å². The summed E-state index contributed by atoms with van der Waals surface area (Å²) < 4.78 is 5.61. The van der Waals surface area contributed by atoms with Gasteiger partial charge in [-0.3, -0.25) is 10.3 Å². The van der Waals surface area contributed by atoms with Gasteiger partial charge in [-0.05, 0) is 49.2 Å². The third-order valence-electron chi connectivity index (χ3n) is 3.21. The average Bonchev–Trinajstić information content (AvgIpc) is 2.66. The molecule has 2 aromatic rings. The van der Waals surface area contributed by atoms with Crippen LogP contribution in [0, 0.1) is 11.5 Å². The van der Waals surface area contributed by atoms with Gasteiger partial charge in [0.1, 0.15) is 5.75 Å². The summed E-state index contributed by atoms with van der Waals surface area (Å²) in [6.07, 6.45) is 10.9. The Labute approximate surface area is 158 Å². The maximum Gasteiger partial charge on any atom is 0.209 e. The molecule has 7 heteroatoms. The number of pyridine rings is 1. The molecule has 134 valence electrons. The Morgan fingerprint density at radius 3 is 2.62 bits per heavy atom. The minimum Gasteiger partial charge on any atom is -0.493 e. The first-order valence-electron chi connectivity index (χ1n) is 8.19. The van der Waals surface area contributed by atoms with Crippen LogP contribution in [0.2, 0.25) is 5.02 Å². The number of ether oxygens (including phenoxy) is 1. The van der Waals surface area contributed by atoms with Crippen LogP contribution >= 0.6 is 11.6 Å². The van der Waals surface area contributed by atoms with E-state index in [0.29, 0.717) is 24.1 Å². The number of nitrogens with one attached hydrogen (secondary N) is 2. The molecule has 0 saturated heterocycles. The van der Waals surface area contributed by atoms with E-state index in [2.05, 4.69) is 32.8 Å². The fraction of sp³-hybridized carbons (Fsp3) is 0.211. The first kappa shape index (κ1) is 19.3. The monoisotopic (exact) mass is 369 g/mol. The maximum atomic E-state index is 8.79. The normalized spacial score (nSPS) is 11.2. The highest BCUT2D eigenvalue weighted by Gasteiger charge is 1.97. The van der Waals surface area contributed by atoms with Gasteiger partial charge in [0, 0.05) is 24.0 Å². The quantitative estimate of drug-likeness (QED) is 0.185. The molecule has 0 atom stereocenters. The Morgan fingerprint density at radius 2 is 1.88 bits per heavy atom. The first-order valence-corrected chi connectivity index (χ1v) is 8.57. The van der Waals surface area contributed by atoms with Gasteiger partial charge in [0.25, 0.3) is 0 Å². The van der Waals surface area contributed by atoms with Gasteiger partial charge >= 0.3 is 0 Å². The number of hydrogen-bond donors (Lipinski definition) is 2. The smallest absolute Gasteiger partial charge is 0.209 e. The fourth-order valence-corrected chi connectivity index (χ4v) is 2.12. The molecule has 0 unspecified atom stereocenters. The molecule has 2 N–H and O–H groups in total. The summed E-state index contributed by atoms with van der Waals surface area (Å²) in [4.78, 5) is 8.25. The number of aliphatic imine (C=N–C) groups is 1. The minimum atomic E-state index is 0.415. The third-order valence-corrected chi connectivity index (χ3v) is 3.47. The number of nitriles is 1. The lowest BCUT2D eigenvalue weighted by molar-refractivity contribution is 0.325. The molecule has 2 rings (SSSR count). The molecule has 0 amide bonds. The van der Waals surface area contributed by atoms with Crippen molar-refractivity contribution in [2.45, 2.75) is 12.8 Å². The Balaban J connectivity index is 1.64. The number of guanidine groups is 1. The first-order chi connectivity index (χ1) is 12.8. The second-order valence-electron chi connectivity index (χ2n) is 5.18. The van der Waals surface area contributed by atoms with E-state index in [1.165, 1.54) is 0 Å². The van der Waals surface area contributed by atoms with Crippen molar-refractivity contribution in [2.75, 3.05) is 13.2 Å². The molecule has 0 aliphatic heterocycles. The van der Waals surface area contributed by atoms with E-state index in [0.717, 1.165) is 24.3 Å². The molecule has 0 radical (unpaired) electrons. The van der Waals surface area contributed by atoms with Gasteiger partial charge in [0.2, 0.25) is 5.96 Å². The van der Waals surface area contributed by atoms with E-state index in [4.69, 9.17) is 21.6 Å². The van der Waals surface area contributed by atoms with Gasteiger partial charge in [-0.25, -0.2) is 4.99 Å². The van der Waals surface area contributed by atoms with Crippen LogP contribution in [-0.4, -0.2) is 24.1 Å². The van der Waals surface area contributed by atoms with Crippen molar-refractivity contribution in [1.29, 1.82) is 5.26 Å². The summed E-state index contributed by atoms with van der Waals surface area (Å²) in [5, 5.41) is 15.1. The van der Waals surface area contributed by atoms with Gasteiger partial charge in [0.15, 0.2) is 6.19 Å². The maximum absolute atomic E-state index is 8.79. The lowest BCUT2D eigenvalue weighted by Crippen LogP contribution is -2.34. The second-order valence-corrected chi connectivity index (χ2v) is 5.62. The van der Waals surface area contributed by atoms with Crippen LogP contribution in [0.4, 0.5) is 5.69 Å². The summed E-state index contributed by atoms with van der Waals surface area (Å²) in [6.45, 7) is 1.27. The zero-order valence-electron chi connectivity index (χ0n) is 14.2. The number of halogens is 1. The minimum absolute atomic E-state index is 0.415. The van der Waals surface area contributed by atoms with E-state index in [1.54, 1.807) is 36.7 Å². The Kier molecular flexibility index (Phi) is 8.53. The summed E-state index contributed by atoms with van der Waals surface area (Å²) in [5.41, 5.74) is 0.722. The number of aromatic nitrogens is 1. The third kappa shape index (κ3) is 7.69. The molecule has 0 saturated carbocycles. The van der Waals surface area contributed by atoms with Crippen LogP contribution < -0.4 is 15.4 Å². The number of hydrogen-bond acceptors (Lipinski definition) is 4. The second kappa shape index (κ2) is 11.5. The average molecular weight is 370 g/mol. The van der Waals surface area contributed by atoms with Crippen molar-refractivity contribution in [1.82, 2.24) is 15.6 Å². The van der Waals surface area contributed by atoms with Crippen LogP contribution in [0.1, 0.15) is 12.8 Å². The van der Waals surface area contributed by atoms with E-state index in [1.807, 2.05) is 18.3 Å². The van der Waals surface area contributed by atoms with Crippen molar-refractivity contribution in [3.05, 3.63) is 66.0 Å². The van der Waals surface area contributed by atoms with E-state index >= 15 is 0 Å². The van der Waals surface area contributed by atoms with Gasteiger partial charge in [-0.1, -0.05) is 23.8 Å². The van der Waals surface area contributed by atoms with E-state index in [-0.39, 0.29) is 0 Å². The van der Waals surface area contributed by atoms with Gasteiger partial charge in [-0.2, -0.15) is 5.26 Å². The Morgan fingerprint density at radius 1 is 1.15 bits per heavy atom. The zero-order valence-corrected chi connectivity index (χ0v) is 15.0. The number of benzene rings is 1. The van der Waals surface area contributed by atoms with Crippen LogP contribution in [0.25, 0.3) is 0 Å². The van der Waals surface area contributed by atoms with Gasteiger partial charge < -0.3 is 10.1 Å². The van der Waals surface area contributed by atoms with E-state index < -0.39 is 0 Å². The molecule has 6 nitrogen and oxygen atoms in total. The Hall–Kier alpha value is -3.04. The van der Waals surface area contributed by atoms with E-state index in [9.17, 15) is 0 Å². The molecule has 0 fully saturated rings. The van der Waals surface area contributed by atoms with Crippen LogP contribution in [0.15, 0.2) is 65.9 Å². The molecule has 1 aromatic heterocycles. The van der Waals surface area contributed by atoms with Crippen molar-refractivity contribution in [3.8, 4) is 11.9 Å². The molecule has 0 bridgehead atoms. The molecule has 0 spiro atoms. The molecular formula is C19H20ClN5O. The molecule has 26 heavy (non-hydrogen) atoms. The highest BCUT2D eigenvalue weighted by molar-refractivity contribution is 6.30. The number of rotatable bonds is 8. The predicted molar refractivity (Wildman–Crippen MR) is 103 cm³/mol. The largest absolute Gasteiger partial charge is 0.493 e. The molecule has 0 aliphatic carbocycles. The lowest BCUT2D eigenvalue weighted by Gasteiger charge is -2.06. The SMILES string of the molecule is N#CN/C(=N/c1ccncc1)NCCC=CCCOc1ccc(Cl)cc1. The summed E-state index contributed by atoms with van der Waals surface area (Å²) >= 11 is 5.83. The fourth-order valence-electron chi connectivity index (χ4n) is 2.00.